The van der Waals surface area contributed by atoms with Gasteiger partial charge in [-0.1, -0.05) is 39.0 Å². The Kier molecular flexibility index (Phi) is 5.04. The fraction of sp³-hybridized carbons (Fsp3) is 0.933. The standard InChI is InChI=1S/C15H27NO2/c1-12(13-5-3-2-4-6-13)11-15(18)16(9-10-17)14-7-8-14/h12-14,17H,2-11H2,1H3. The molecule has 0 radical (unpaired) electrons. The molecular formula is C15H27NO2. The van der Waals surface area contributed by atoms with Crippen LogP contribution in [0.5, 0.6) is 0 Å². The van der Waals surface area contributed by atoms with E-state index in [0.29, 0.717) is 24.9 Å². The Morgan fingerprint density at radius 3 is 2.44 bits per heavy atom. The molecule has 1 amide bonds. The molecule has 0 aliphatic heterocycles. The Balaban J connectivity index is 1.80. The Labute approximate surface area is 111 Å². The molecule has 104 valence electrons. The maximum atomic E-state index is 12.3. The molecule has 0 spiro atoms. The van der Waals surface area contributed by atoms with E-state index < -0.39 is 0 Å². The smallest absolute Gasteiger partial charge is 0.223 e. The molecule has 1 unspecified atom stereocenters. The highest BCUT2D eigenvalue weighted by atomic mass is 16.3. The van der Waals surface area contributed by atoms with Crippen LogP contribution in [0.25, 0.3) is 0 Å². The van der Waals surface area contributed by atoms with Crippen molar-refractivity contribution in [3.63, 3.8) is 0 Å². The molecule has 2 rings (SSSR count). The minimum absolute atomic E-state index is 0.0973. The molecule has 2 fully saturated rings. The third-order valence-electron chi connectivity index (χ3n) is 4.60. The highest BCUT2D eigenvalue weighted by Gasteiger charge is 2.33. The average Bonchev–Trinajstić information content (AvgIpc) is 3.21. The van der Waals surface area contributed by atoms with Crippen LogP contribution in [0.4, 0.5) is 0 Å². The Morgan fingerprint density at radius 1 is 1.22 bits per heavy atom. The predicted octanol–water partition coefficient (Wildman–Crippen LogP) is 2.58. The van der Waals surface area contributed by atoms with E-state index in [1.807, 2.05) is 4.90 Å². The first kappa shape index (κ1) is 13.9. The van der Waals surface area contributed by atoms with Gasteiger partial charge in [0.1, 0.15) is 0 Å². The lowest BCUT2D eigenvalue weighted by Crippen LogP contribution is -2.37. The number of aliphatic hydroxyl groups excluding tert-OH is 1. The Bertz CT molecular complexity index is 270. The van der Waals surface area contributed by atoms with Crippen molar-refractivity contribution in [2.45, 2.75) is 64.3 Å². The summed E-state index contributed by atoms with van der Waals surface area (Å²) in [6.45, 7) is 2.86. The van der Waals surface area contributed by atoms with Gasteiger partial charge in [-0.25, -0.2) is 0 Å². The number of hydrogen-bond donors (Lipinski definition) is 1. The van der Waals surface area contributed by atoms with Gasteiger partial charge in [0.15, 0.2) is 0 Å². The lowest BCUT2D eigenvalue weighted by Gasteiger charge is -2.29. The first-order valence-electron chi connectivity index (χ1n) is 7.62. The van der Waals surface area contributed by atoms with Crippen molar-refractivity contribution >= 4 is 5.91 Å². The summed E-state index contributed by atoms with van der Waals surface area (Å²) >= 11 is 0. The van der Waals surface area contributed by atoms with E-state index in [0.717, 1.165) is 18.8 Å². The maximum absolute atomic E-state index is 12.3. The van der Waals surface area contributed by atoms with Gasteiger partial charge in [-0.05, 0) is 24.7 Å². The van der Waals surface area contributed by atoms with Crippen molar-refractivity contribution < 1.29 is 9.90 Å². The van der Waals surface area contributed by atoms with Gasteiger partial charge >= 0.3 is 0 Å². The molecule has 2 saturated carbocycles. The lowest BCUT2D eigenvalue weighted by atomic mass is 9.79. The zero-order chi connectivity index (χ0) is 13.0. The molecule has 1 atom stereocenters. The fourth-order valence-corrected chi connectivity index (χ4v) is 3.27. The second-order valence-electron chi connectivity index (χ2n) is 6.12. The molecule has 0 aromatic heterocycles. The highest BCUT2D eigenvalue weighted by molar-refractivity contribution is 5.77. The highest BCUT2D eigenvalue weighted by Crippen LogP contribution is 2.33. The zero-order valence-electron chi connectivity index (χ0n) is 11.6. The average molecular weight is 253 g/mol. The van der Waals surface area contributed by atoms with Gasteiger partial charge in [-0.2, -0.15) is 0 Å². The molecule has 2 aliphatic rings. The normalized spacial score (nSPS) is 22.8. The molecule has 0 aromatic carbocycles. The van der Waals surface area contributed by atoms with Gasteiger partial charge in [0.2, 0.25) is 5.91 Å². The van der Waals surface area contributed by atoms with Gasteiger partial charge in [-0.15, -0.1) is 0 Å². The third-order valence-corrected chi connectivity index (χ3v) is 4.60. The first-order valence-corrected chi connectivity index (χ1v) is 7.62. The van der Waals surface area contributed by atoms with Crippen molar-refractivity contribution in [2.24, 2.45) is 11.8 Å². The zero-order valence-corrected chi connectivity index (χ0v) is 11.6. The number of carbonyl (C=O) groups is 1. The van der Waals surface area contributed by atoms with Gasteiger partial charge in [0.25, 0.3) is 0 Å². The molecule has 1 N–H and O–H groups in total. The molecule has 0 saturated heterocycles. The van der Waals surface area contributed by atoms with E-state index in [1.165, 1.54) is 32.1 Å². The lowest BCUT2D eigenvalue weighted by molar-refractivity contribution is -0.133. The van der Waals surface area contributed by atoms with E-state index in [2.05, 4.69) is 6.92 Å². The SMILES string of the molecule is CC(CC(=O)N(CCO)C1CC1)C1CCCCC1. The van der Waals surface area contributed by atoms with Crippen LogP contribution in [0.3, 0.4) is 0 Å². The largest absolute Gasteiger partial charge is 0.395 e. The van der Waals surface area contributed by atoms with E-state index in [1.54, 1.807) is 0 Å². The number of rotatable bonds is 6. The summed E-state index contributed by atoms with van der Waals surface area (Å²) in [6, 6.07) is 0.434. The first-order chi connectivity index (χ1) is 8.72. The summed E-state index contributed by atoms with van der Waals surface area (Å²) in [6.07, 6.45) is 9.60. The monoisotopic (exact) mass is 253 g/mol. The van der Waals surface area contributed by atoms with Crippen molar-refractivity contribution in [3.8, 4) is 0 Å². The van der Waals surface area contributed by atoms with E-state index in [9.17, 15) is 4.79 Å². The number of amides is 1. The Hall–Kier alpha value is -0.570. The van der Waals surface area contributed by atoms with Crippen molar-refractivity contribution in [1.29, 1.82) is 0 Å². The van der Waals surface area contributed by atoms with Crippen LogP contribution in [-0.4, -0.2) is 35.1 Å². The second-order valence-corrected chi connectivity index (χ2v) is 6.12. The van der Waals surface area contributed by atoms with Crippen molar-refractivity contribution in [2.75, 3.05) is 13.2 Å². The van der Waals surface area contributed by atoms with E-state index in [-0.39, 0.29) is 12.5 Å². The van der Waals surface area contributed by atoms with Crippen molar-refractivity contribution in [1.82, 2.24) is 4.90 Å². The van der Waals surface area contributed by atoms with Crippen LogP contribution < -0.4 is 0 Å². The summed E-state index contributed by atoms with van der Waals surface area (Å²) < 4.78 is 0. The Morgan fingerprint density at radius 2 is 1.89 bits per heavy atom. The number of carbonyl (C=O) groups excluding carboxylic acids is 1. The predicted molar refractivity (Wildman–Crippen MR) is 72.2 cm³/mol. The van der Waals surface area contributed by atoms with Crippen LogP contribution in [0.15, 0.2) is 0 Å². The maximum Gasteiger partial charge on any atom is 0.223 e. The topological polar surface area (TPSA) is 40.5 Å². The summed E-state index contributed by atoms with van der Waals surface area (Å²) in [5, 5.41) is 9.05. The summed E-state index contributed by atoms with van der Waals surface area (Å²) in [7, 11) is 0. The van der Waals surface area contributed by atoms with Gasteiger partial charge in [-0.3, -0.25) is 4.79 Å². The third kappa shape index (κ3) is 3.71. The van der Waals surface area contributed by atoms with Crippen LogP contribution in [-0.2, 0) is 4.79 Å². The molecule has 3 nitrogen and oxygen atoms in total. The quantitative estimate of drug-likeness (QED) is 0.790. The number of aliphatic hydroxyl groups is 1. The number of hydrogen-bond acceptors (Lipinski definition) is 2. The molecule has 3 heteroatoms. The summed E-state index contributed by atoms with van der Waals surface area (Å²) in [5.41, 5.74) is 0. The molecule has 2 aliphatic carbocycles. The van der Waals surface area contributed by atoms with E-state index >= 15 is 0 Å². The molecular weight excluding hydrogens is 226 g/mol. The van der Waals surface area contributed by atoms with Gasteiger partial charge in [0, 0.05) is 19.0 Å². The van der Waals surface area contributed by atoms with E-state index in [4.69, 9.17) is 5.11 Å². The van der Waals surface area contributed by atoms with Gasteiger partial charge < -0.3 is 10.0 Å². The van der Waals surface area contributed by atoms with Crippen LogP contribution in [0.2, 0.25) is 0 Å². The molecule has 18 heavy (non-hydrogen) atoms. The number of nitrogens with zero attached hydrogens (tertiary/aromatic N) is 1. The second kappa shape index (κ2) is 6.55. The minimum atomic E-state index is 0.0973. The van der Waals surface area contributed by atoms with Crippen molar-refractivity contribution in [3.05, 3.63) is 0 Å². The fourth-order valence-electron chi connectivity index (χ4n) is 3.27. The minimum Gasteiger partial charge on any atom is -0.395 e. The molecule has 0 aromatic rings. The van der Waals surface area contributed by atoms with Crippen LogP contribution in [0.1, 0.15) is 58.3 Å². The van der Waals surface area contributed by atoms with Crippen LogP contribution >= 0.6 is 0 Å². The van der Waals surface area contributed by atoms with Gasteiger partial charge in [0.05, 0.1) is 6.61 Å². The summed E-state index contributed by atoms with van der Waals surface area (Å²) in [4.78, 5) is 14.2. The van der Waals surface area contributed by atoms with Crippen LogP contribution in [0, 0.1) is 11.8 Å². The summed E-state index contributed by atoms with van der Waals surface area (Å²) in [5.74, 6) is 1.53. The molecule has 0 heterocycles. The molecule has 0 bridgehead atoms.